The number of aliphatic hydroxyl groups is 1. The molecule has 1 aliphatic heterocycles. The highest BCUT2D eigenvalue weighted by Gasteiger charge is 2.46. The summed E-state index contributed by atoms with van der Waals surface area (Å²) in [4.78, 5) is 27.2. The summed E-state index contributed by atoms with van der Waals surface area (Å²) in [7, 11) is 3.05. The molecule has 7 nitrogen and oxygen atoms in total. The van der Waals surface area contributed by atoms with Gasteiger partial charge in [-0.15, -0.1) is 0 Å². The molecule has 3 rings (SSSR count). The van der Waals surface area contributed by atoms with Gasteiger partial charge in [-0.25, -0.2) is 0 Å². The third-order valence-corrected chi connectivity index (χ3v) is 5.11. The van der Waals surface area contributed by atoms with Gasteiger partial charge in [0, 0.05) is 24.8 Å². The van der Waals surface area contributed by atoms with Crippen molar-refractivity contribution in [1.82, 2.24) is 4.90 Å². The molecule has 0 bridgehead atoms. The third kappa shape index (κ3) is 4.56. The van der Waals surface area contributed by atoms with Gasteiger partial charge < -0.3 is 24.2 Å². The lowest BCUT2D eigenvalue weighted by Crippen LogP contribution is -2.32. The molecule has 2 aromatic carbocycles. The summed E-state index contributed by atoms with van der Waals surface area (Å²) >= 11 is 0. The van der Waals surface area contributed by atoms with Crippen LogP contribution in [-0.2, 0) is 14.3 Å². The van der Waals surface area contributed by atoms with Gasteiger partial charge in [0.25, 0.3) is 11.7 Å². The second-order valence-electron chi connectivity index (χ2n) is 7.10. The Morgan fingerprint density at radius 2 is 1.74 bits per heavy atom. The zero-order valence-corrected chi connectivity index (χ0v) is 18.0. The summed E-state index contributed by atoms with van der Waals surface area (Å²) in [6, 6.07) is 13.1. The second-order valence-corrected chi connectivity index (χ2v) is 7.10. The number of methoxy groups -OCH3 is 2. The molecule has 164 valence electrons. The van der Waals surface area contributed by atoms with Crippen molar-refractivity contribution in [3.63, 3.8) is 0 Å². The van der Waals surface area contributed by atoms with E-state index in [0.717, 1.165) is 6.42 Å². The van der Waals surface area contributed by atoms with E-state index in [9.17, 15) is 14.7 Å². The highest BCUT2D eigenvalue weighted by atomic mass is 16.5. The van der Waals surface area contributed by atoms with Gasteiger partial charge in [-0.3, -0.25) is 9.59 Å². The van der Waals surface area contributed by atoms with Crippen molar-refractivity contribution in [2.24, 2.45) is 0 Å². The number of hydrogen-bond acceptors (Lipinski definition) is 6. The van der Waals surface area contributed by atoms with E-state index in [1.807, 2.05) is 6.92 Å². The monoisotopic (exact) mass is 425 g/mol. The number of carbonyl (C=O) groups is 2. The average molecular weight is 425 g/mol. The molecule has 1 saturated heterocycles. The molecule has 0 radical (unpaired) electrons. The third-order valence-electron chi connectivity index (χ3n) is 5.11. The zero-order chi connectivity index (χ0) is 22.4. The summed E-state index contributed by atoms with van der Waals surface area (Å²) in [5, 5.41) is 11.1. The minimum atomic E-state index is -0.790. The summed E-state index contributed by atoms with van der Waals surface area (Å²) in [6.45, 7) is 3.05. The smallest absolute Gasteiger partial charge is 0.295 e. The van der Waals surface area contributed by atoms with Gasteiger partial charge in [-0.1, -0.05) is 25.1 Å². The molecular weight excluding hydrogens is 398 g/mol. The maximum absolute atomic E-state index is 13.0. The Bertz CT molecular complexity index is 966. The van der Waals surface area contributed by atoms with Crippen LogP contribution in [0.3, 0.4) is 0 Å². The molecule has 1 aliphatic rings. The van der Waals surface area contributed by atoms with E-state index in [2.05, 4.69) is 0 Å². The number of ether oxygens (including phenoxy) is 3. The van der Waals surface area contributed by atoms with Crippen molar-refractivity contribution in [3.05, 3.63) is 65.2 Å². The number of amides is 1. The van der Waals surface area contributed by atoms with Gasteiger partial charge in [0.15, 0.2) is 0 Å². The van der Waals surface area contributed by atoms with Gasteiger partial charge in [-0.2, -0.15) is 0 Å². The maximum Gasteiger partial charge on any atom is 0.295 e. The largest absolute Gasteiger partial charge is 0.507 e. The van der Waals surface area contributed by atoms with Crippen LogP contribution in [0.1, 0.15) is 30.5 Å². The zero-order valence-electron chi connectivity index (χ0n) is 18.0. The molecule has 1 atom stereocenters. The van der Waals surface area contributed by atoms with Crippen LogP contribution in [-0.4, -0.2) is 55.7 Å². The van der Waals surface area contributed by atoms with E-state index >= 15 is 0 Å². The van der Waals surface area contributed by atoms with Crippen molar-refractivity contribution in [2.75, 3.05) is 34.0 Å². The fourth-order valence-corrected chi connectivity index (χ4v) is 3.60. The summed E-state index contributed by atoms with van der Waals surface area (Å²) in [5.74, 6) is -0.476. The van der Waals surface area contributed by atoms with Crippen LogP contribution in [0.15, 0.2) is 54.1 Å². The molecule has 0 spiro atoms. The van der Waals surface area contributed by atoms with Crippen LogP contribution in [0.4, 0.5) is 0 Å². The lowest BCUT2D eigenvalue weighted by Gasteiger charge is -2.26. The molecule has 0 aliphatic carbocycles. The van der Waals surface area contributed by atoms with Crippen molar-refractivity contribution >= 4 is 17.4 Å². The molecule has 31 heavy (non-hydrogen) atoms. The first-order chi connectivity index (χ1) is 15.0. The fraction of sp³-hybridized carbons (Fsp3) is 0.333. The summed E-state index contributed by atoms with van der Waals surface area (Å²) in [6.07, 6.45) is 0.881. The molecule has 2 aromatic rings. The molecule has 1 heterocycles. The molecule has 1 fully saturated rings. The summed E-state index contributed by atoms with van der Waals surface area (Å²) < 4.78 is 16.2. The number of Topliss-reactive ketones (excluding diaryl/α,β-unsaturated/α-hetero) is 1. The number of likely N-dealkylation sites (tertiary alicyclic amines) is 1. The van der Waals surface area contributed by atoms with Crippen LogP contribution in [0.25, 0.3) is 5.76 Å². The highest BCUT2D eigenvalue weighted by Crippen LogP contribution is 2.42. The SMILES string of the molecule is CCCOc1ccc(/C(O)=C2\C(=O)C(=O)N(CCOC)C2c2ccccc2OC)cc1. The highest BCUT2D eigenvalue weighted by molar-refractivity contribution is 6.46. The van der Waals surface area contributed by atoms with E-state index in [-0.39, 0.29) is 24.5 Å². The molecule has 1 N–H and O–H groups in total. The lowest BCUT2D eigenvalue weighted by atomic mass is 9.94. The Balaban J connectivity index is 2.10. The minimum Gasteiger partial charge on any atom is -0.507 e. The Morgan fingerprint density at radius 3 is 2.39 bits per heavy atom. The van der Waals surface area contributed by atoms with Crippen LogP contribution >= 0.6 is 0 Å². The van der Waals surface area contributed by atoms with Crippen LogP contribution in [0, 0.1) is 0 Å². The predicted octanol–water partition coefficient (Wildman–Crippen LogP) is 3.55. The number of rotatable bonds is 9. The molecule has 1 amide bonds. The molecule has 7 heteroatoms. The van der Waals surface area contributed by atoms with Gasteiger partial charge in [0.1, 0.15) is 17.3 Å². The Morgan fingerprint density at radius 1 is 1.03 bits per heavy atom. The van der Waals surface area contributed by atoms with E-state index < -0.39 is 17.7 Å². The average Bonchev–Trinajstić information content (AvgIpc) is 3.05. The van der Waals surface area contributed by atoms with Gasteiger partial charge in [0.05, 0.1) is 31.9 Å². The number of carbonyl (C=O) groups excluding carboxylic acids is 2. The van der Waals surface area contributed by atoms with Crippen molar-refractivity contribution in [2.45, 2.75) is 19.4 Å². The topological polar surface area (TPSA) is 85.3 Å². The normalized spacial score (nSPS) is 17.8. The molecular formula is C24H27NO6. The lowest BCUT2D eigenvalue weighted by molar-refractivity contribution is -0.140. The molecule has 1 unspecified atom stereocenters. The van der Waals surface area contributed by atoms with Crippen molar-refractivity contribution < 1.29 is 28.9 Å². The Kier molecular flexibility index (Phi) is 7.31. The van der Waals surface area contributed by atoms with E-state index in [1.165, 1.54) is 19.1 Å². The fourth-order valence-electron chi connectivity index (χ4n) is 3.60. The quantitative estimate of drug-likeness (QED) is 0.376. The Hall–Kier alpha value is -3.32. The second kappa shape index (κ2) is 10.1. The summed E-state index contributed by atoms with van der Waals surface area (Å²) in [5.41, 5.74) is 1.06. The first-order valence-corrected chi connectivity index (χ1v) is 10.2. The number of para-hydroxylation sites is 1. The number of benzene rings is 2. The van der Waals surface area contributed by atoms with E-state index in [0.29, 0.717) is 29.2 Å². The number of ketones is 1. The van der Waals surface area contributed by atoms with E-state index in [4.69, 9.17) is 14.2 Å². The van der Waals surface area contributed by atoms with Gasteiger partial charge in [0.2, 0.25) is 0 Å². The van der Waals surface area contributed by atoms with Crippen LogP contribution in [0.5, 0.6) is 11.5 Å². The Labute approximate surface area is 181 Å². The van der Waals surface area contributed by atoms with E-state index in [1.54, 1.807) is 48.5 Å². The number of hydrogen-bond donors (Lipinski definition) is 1. The standard InChI is InChI=1S/C24H27NO6/c1-4-14-31-17-11-9-16(10-12-17)22(26)20-21(18-7-5-6-8-19(18)30-3)25(13-15-29-2)24(28)23(20)27/h5-12,21,26H,4,13-15H2,1-3H3/b22-20+. The van der Waals surface area contributed by atoms with Crippen LogP contribution < -0.4 is 9.47 Å². The van der Waals surface area contributed by atoms with Crippen LogP contribution in [0.2, 0.25) is 0 Å². The molecule has 0 aromatic heterocycles. The first kappa shape index (κ1) is 22.4. The minimum absolute atomic E-state index is 0.0211. The molecule has 0 saturated carbocycles. The number of aliphatic hydroxyl groups excluding tert-OH is 1. The first-order valence-electron chi connectivity index (χ1n) is 10.2. The number of nitrogens with zero attached hydrogens (tertiary/aromatic N) is 1. The maximum atomic E-state index is 13.0. The van der Waals surface area contributed by atoms with Gasteiger partial charge >= 0.3 is 0 Å². The van der Waals surface area contributed by atoms with Crippen molar-refractivity contribution in [1.29, 1.82) is 0 Å². The predicted molar refractivity (Wildman–Crippen MR) is 116 cm³/mol. The van der Waals surface area contributed by atoms with Crippen molar-refractivity contribution in [3.8, 4) is 11.5 Å². The van der Waals surface area contributed by atoms with Gasteiger partial charge in [-0.05, 0) is 36.8 Å².